The number of halogens is 2. The number of anilines is 2. The van der Waals surface area contributed by atoms with Crippen molar-refractivity contribution in [1.29, 1.82) is 0 Å². The Bertz CT molecular complexity index is 1390. The van der Waals surface area contributed by atoms with Gasteiger partial charge in [-0.1, -0.05) is 6.58 Å². The molecule has 1 unspecified atom stereocenters. The number of nitrogens with zero attached hydrogens (tertiary/aromatic N) is 6. The quantitative estimate of drug-likeness (QED) is 0.494. The molecule has 2 aromatic rings. The molecular formula is C32H40F2N6O2. The smallest absolute Gasteiger partial charge is 0.280 e. The van der Waals surface area contributed by atoms with Crippen molar-refractivity contribution in [2.45, 2.75) is 76.2 Å². The predicted octanol–water partition coefficient (Wildman–Crippen LogP) is 4.53. The Balaban J connectivity index is 1.11. The van der Waals surface area contributed by atoms with Crippen molar-refractivity contribution in [1.82, 2.24) is 19.8 Å². The lowest BCUT2D eigenvalue weighted by molar-refractivity contribution is -0.128. The van der Waals surface area contributed by atoms with Crippen LogP contribution in [0.15, 0.2) is 31.0 Å². The first kappa shape index (κ1) is 27.7. The van der Waals surface area contributed by atoms with Gasteiger partial charge in [0.05, 0.1) is 17.4 Å². The third-order valence-corrected chi connectivity index (χ3v) is 10.4. The number of ether oxygens (including phenoxy) is 1. The van der Waals surface area contributed by atoms with Crippen molar-refractivity contribution in [3.8, 4) is 0 Å². The Hall–Kier alpha value is -3.11. The molecule has 0 aromatic carbocycles. The van der Waals surface area contributed by atoms with Crippen LogP contribution in [0.3, 0.4) is 0 Å². The maximum absolute atomic E-state index is 14.5. The molecular weight excluding hydrogens is 538 g/mol. The zero-order valence-corrected chi connectivity index (χ0v) is 24.6. The van der Waals surface area contributed by atoms with Crippen molar-refractivity contribution >= 4 is 17.4 Å². The van der Waals surface area contributed by atoms with Crippen molar-refractivity contribution in [2.24, 2.45) is 0 Å². The summed E-state index contributed by atoms with van der Waals surface area (Å²) in [5, 5.41) is 0. The fourth-order valence-corrected chi connectivity index (χ4v) is 8.22. The van der Waals surface area contributed by atoms with Crippen LogP contribution in [0.25, 0.3) is 0 Å². The molecule has 3 atom stereocenters. The second-order valence-corrected chi connectivity index (χ2v) is 12.5. The van der Waals surface area contributed by atoms with Gasteiger partial charge in [0.15, 0.2) is 0 Å². The van der Waals surface area contributed by atoms with Gasteiger partial charge in [-0.2, -0.15) is 0 Å². The van der Waals surface area contributed by atoms with Gasteiger partial charge in [-0.15, -0.1) is 0 Å². The van der Waals surface area contributed by atoms with Crippen molar-refractivity contribution < 1.29 is 18.3 Å². The van der Waals surface area contributed by atoms with E-state index in [1.54, 1.807) is 0 Å². The topological polar surface area (TPSA) is 65.0 Å². The molecule has 7 heterocycles. The molecule has 0 aliphatic carbocycles. The van der Waals surface area contributed by atoms with Crippen LogP contribution < -0.4 is 9.80 Å². The molecule has 42 heavy (non-hydrogen) atoms. The van der Waals surface area contributed by atoms with E-state index in [9.17, 15) is 13.6 Å². The van der Waals surface area contributed by atoms with Gasteiger partial charge in [-0.05, 0) is 63.7 Å². The van der Waals surface area contributed by atoms with Gasteiger partial charge in [0.25, 0.3) is 6.43 Å². The molecule has 8 nitrogen and oxygen atoms in total. The van der Waals surface area contributed by atoms with E-state index in [2.05, 4.69) is 57.2 Å². The molecule has 5 aliphatic rings. The SMILES string of the molecule is C=CC(=O)N1CCN(C2CN3c4cc(N5CCC6(CC5)O[C@H](C)c5nccc(C)c56)nc(C(F)F)c4CCC[C@@H]23)CC1. The third kappa shape index (κ3) is 4.40. The Labute approximate surface area is 246 Å². The zero-order chi connectivity index (χ0) is 29.2. The maximum Gasteiger partial charge on any atom is 0.280 e. The maximum atomic E-state index is 14.5. The second kappa shape index (κ2) is 10.6. The van der Waals surface area contributed by atoms with E-state index in [0.29, 0.717) is 56.1 Å². The number of carbonyl (C=O) groups is 1. The van der Waals surface area contributed by atoms with Gasteiger partial charge in [-0.3, -0.25) is 14.7 Å². The molecule has 5 aliphatic heterocycles. The largest absolute Gasteiger partial charge is 0.365 e. The standard InChI is InChI=1S/C32H40F2N6O2/c1-4-27(41)39-16-14-37(15-17-39)25-19-40-23(25)7-5-6-22-24(40)18-26(36-30(22)31(33)34)38-12-9-32(10-13-38)28-20(2)8-11-35-29(28)21(3)42-32/h4,8,11,18,21,23,25,31H,1,5-7,9-10,12-17,19H2,2-3H3/t21-,23+,25?/m1/s1. The van der Waals surface area contributed by atoms with Crippen LogP contribution >= 0.6 is 0 Å². The van der Waals surface area contributed by atoms with Crippen LogP contribution in [0.1, 0.15) is 73.2 Å². The summed E-state index contributed by atoms with van der Waals surface area (Å²) in [6.45, 7) is 13.1. The van der Waals surface area contributed by atoms with Crippen LogP contribution in [0.5, 0.6) is 0 Å². The molecule has 1 spiro atoms. The molecule has 2 aromatic heterocycles. The Morgan fingerprint density at radius 2 is 1.93 bits per heavy atom. The highest BCUT2D eigenvalue weighted by Crippen LogP contribution is 2.50. The van der Waals surface area contributed by atoms with Crippen LogP contribution in [-0.2, 0) is 21.6 Å². The van der Waals surface area contributed by atoms with Gasteiger partial charge in [-0.25, -0.2) is 13.8 Å². The average molecular weight is 579 g/mol. The van der Waals surface area contributed by atoms with E-state index < -0.39 is 6.43 Å². The molecule has 1 amide bonds. The van der Waals surface area contributed by atoms with E-state index in [1.807, 2.05) is 11.1 Å². The van der Waals surface area contributed by atoms with Crippen molar-refractivity contribution in [3.63, 3.8) is 0 Å². The van der Waals surface area contributed by atoms with Crippen LogP contribution in [0.4, 0.5) is 20.3 Å². The van der Waals surface area contributed by atoms with E-state index >= 15 is 0 Å². The Kier molecular flexibility index (Phi) is 6.96. The van der Waals surface area contributed by atoms with E-state index in [-0.39, 0.29) is 23.3 Å². The molecule has 0 bridgehead atoms. The monoisotopic (exact) mass is 578 g/mol. The van der Waals surface area contributed by atoms with Gasteiger partial charge in [0.1, 0.15) is 11.5 Å². The van der Waals surface area contributed by atoms with Gasteiger partial charge in [0, 0.05) is 87.0 Å². The van der Waals surface area contributed by atoms with E-state index in [0.717, 1.165) is 56.7 Å². The lowest BCUT2D eigenvalue weighted by atomic mass is 9.82. The van der Waals surface area contributed by atoms with Crippen LogP contribution in [-0.4, -0.2) is 83.6 Å². The summed E-state index contributed by atoms with van der Waals surface area (Å²) in [5.41, 5.74) is 4.66. The number of aromatic nitrogens is 2. The molecule has 0 radical (unpaired) electrons. The first-order valence-corrected chi connectivity index (χ1v) is 15.4. The Morgan fingerprint density at radius 1 is 1.17 bits per heavy atom. The summed E-state index contributed by atoms with van der Waals surface area (Å²) in [7, 11) is 0. The molecule has 10 heteroatoms. The lowest BCUT2D eigenvalue weighted by Crippen LogP contribution is -2.69. The highest BCUT2D eigenvalue weighted by atomic mass is 19.3. The second-order valence-electron chi connectivity index (χ2n) is 12.5. The number of hydrogen-bond acceptors (Lipinski definition) is 7. The first-order valence-electron chi connectivity index (χ1n) is 15.4. The minimum absolute atomic E-state index is 0.0125. The normalized spacial score (nSPS) is 26.9. The number of alkyl halides is 2. The highest BCUT2D eigenvalue weighted by Gasteiger charge is 2.48. The van der Waals surface area contributed by atoms with Gasteiger partial charge in [0.2, 0.25) is 5.91 Å². The number of piperidine rings is 1. The van der Waals surface area contributed by atoms with Crippen LogP contribution in [0, 0.1) is 6.92 Å². The van der Waals surface area contributed by atoms with Crippen molar-refractivity contribution in [2.75, 3.05) is 55.6 Å². The number of rotatable bonds is 4. The van der Waals surface area contributed by atoms with Crippen LogP contribution in [0.2, 0.25) is 0 Å². The van der Waals surface area contributed by atoms with E-state index in [1.165, 1.54) is 17.2 Å². The predicted molar refractivity (Wildman–Crippen MR) is 157 cm³/mol. The summed E-state index contributed by atoms with van der Waals surface area (Å²) >= 11 is 0. The number of amides is 1. The molecule has 3 fully saturated rings. The summed E-state index contributed by atoms with van der Waals surface area (Å²) in [6.07, 6.45) is 4.58. The summed E-state index contributed by atoms with van der Waals surface area (Å²) < 4.78 is 35.6. The Morgan fingerprint density at radius 3 is 2.64 bits per heavy atom. The fraction of sp³-hybridized carbons (Fsp3) is 0.594. The number of fused-ring (bicyclic) bond motifs is 5. The summed E-state index contributed by atoms with van der Waals surface area (Å²) in [6, 6.07) is 4.79. The lowest BCUT2D eigenvalue weighted by Gasteiger charge is -2.55. The molecule has 224 valence electrons. The number of carbonyl (C=O) groups excluding carboxylic acids is 1. The molecule has 0 N–H and O–H groups in total. The number of pyridine rings is 2. The zero-order valence-electron chi connectivity index (χ0n) is 24.6. The summed E-state index contributed by atoms with van der Waals surface area (Å²) in [4.78, 5) is 30.1. The van der Waals surface area contributed by atoms with Gasteiger partial charge >= 0.3 is 0 Å². The minimum Gasteiger partial charge on any atom is -0.365 e. The first-order chi connectivity index (χ1) is 20.3. The minimum atomic E-state index is -2.61. The number of aryl methyl sites for hydroxylation is 1. The van der Waals surface area contributed by atoms with E-state index in [4.69, 9.17) is 4.74 Å². The molecule has 7 rings (SSSR count). The molecule has 3 saturated heterocycles. The molecule has 0 saturated carbocycles. The highest BCUT2D eigenvalue weighted by molar-refractivity contribution is 5.87. The average Bonchev–Trinajstić information content (AvgIpc) is 3.17. The summed E-state index contributed by atoms with van der Waals surface area (Å²) in [5.74, 6) is 0.634. The third-order valence-electron chi connectivity index (χ3n) is 10.4. The number of piperazine rings is 1. The fourth-order valence-electron chi connectivity index (χ4n) is 8.22. The van der Waals surface area contributed by atoms with Crippen molar-refractivity contribution in [3.05, 3.63) is 59.1 Å². The van der Waals surface area contributed by atoms with Gasteiger partial charge < -0.3 is 19.4 Å². The number of hydrogen-bond donors (Lipinski definition) is 0.